The summed E-state index contributed by atoms with van der Waals surface area (Å²) in [5.41, 5.74) is -0.102. The zero-order valence-corrected chi connectivity index (χ0v) is 18.6. The molecule has 0 saturated carbocycles. The van der Waals surface area contributed by atoms with E-state index in [1.54, 1.807) is 18.2 Å². The van der Waals surface area contributed by atoms with Crippen molar-refractivity contribution in [3.63, 3.8) is 0 Å². The van der Waals surface area contributed by atoms with E-state index < -0.39 is 23.0 Å². The van der Waals surface area contributed by atoms with Crippen LogP contribution >= 0.6 is 11.6 Å². The Morgan fingerprint density at radius 1 is 1.22 bits per heavy atom. The van der Waals surface area contributed by atoms with E-state index >= 15 is 0 Å². The third kappa shape index (κ3) is 4.65. The summed E-state index contributed by atoms with van der Waals surface area (Å²) >= 11 is 6.09. The maximum Gasteiger partial charge on any atom is 0.352 e. The molecule has 0 radical (unpaired) electrons. The van der Waals surface area contributed by atoms with Crippen LogP contribution in [0.25, 0.3) is 5.69 Å². The van der Waals surface area contributed by atoms with Crippen LogP contribution in [0, 0.1) is 5.82 Å². The second-order valence-corrected chi connectivity index (χ2v) is 7.54. The molecule has 3 rings (SSSR count). The van der Waals surface area contributed by atoms with Crippen LogP contribution in [0.3, 0.4) is 0 Å². The maximum atomic E-state index is 14.1. The van der Waals surface area contributed by atoms with Crippen LogP contribution < -0.4 is 26.2 Å². The van der Waals surface area contributed by atoms with Gasteiger partial charge in [-0.3, -0.25) is 9.59 Å². The maximum absolute atomic E-state index is 14.1. The number of anilines is 2. The molecule has 0 aliphatic carbocycles. The van der Waals surface area contributed by atoms with Gasteiger partial charge in [-0.1, -0.05) is 17.7 Å². The second kappa shape index (κ2) is 9.23. The fourth-order valence-electron chi connectivity index (χ4n) is 3.12. The standard InChI is InChI=1S/C21H21ClFN5O4/c1-12(29)24-17-10-15(7-8-16(17)23)28-21(31)27(20(30)19(25-28)32-4)11-13-5-6-14(22)9-18(13)26(2)3/h5-10H,11H2,1-4H3,(H,24,29). The lowest BCUT2D eigenvalue weighted by molar-refractivity contribution is -0.114. The average Bonchev–Trinajstić information content (AvgIpc) is 2.73. The first kappa shape index (κ1) is 23.0. The van der Waals surface area contributed by atoms with Crippen molar-refractivity contribution in [1.29, 1.82) is 0 Å². The van der Waals surface area contributed by atoms with Gasteiger partial charge in [0.15, 0.2) is 0 Å². The van der Waals surface area contributed by atoms with Gasteiger partial charge >= 0.3 is 11.2 Å². The van der Waals surface area contributed by atoms with Crippen LogP contribution in [0.5, 0.6) is 5.88 Å². The molecular formula is C21H21ClFN5O4. The molecule has 0 unspecified atom stereocenters. The van der Waals surface area contributed by atoms with Crippen LogP contribution in [0.4, 0.5) is 15.8 Å². The zero-order valence-electron chi connectivity index (χ0n) is 17.8. The molecule has 0 atom stereocenters. The van der Waals surface area contributed by atoms with Crippen molar-refractivity contribution in [3.8, 4) is 11.6 Å². The average molecular weight is 462 g/mol. The summed E-state index contributed by atoms with van der Waals surface area (Å²) in [6.45, 7) is 1.15. The second-order valence-electron chi connectivity index (χ2n) is 7.11. The Bertz CT molecular complexity index is 1300. The smallest absolute Gasteiger partial charge is 0.352 e. The topological polar surface area (TPSA) is 98.5 Å². The predicted octanol–water partition coefficient (Wildman–Crippen LogP) is 2.27. The summed E-state index contributed by atoms with van der Waals surface area (Å²) in [6.07, 6.45) is 0. The van der Waals surface area contributed by atoms with E-state index in [9.17, 15) is 18.8 Å². The quantitative estimate of drug-likeness (QED) is 0.604. The fraction of sp³-hybridized carbons (Fsp3) is 0.238. The van der Waals surface area contributed by atoms with Gasteiger partial charge in [-0.25, -0.2) is 13.8 Å². The highest BCUT2D eigenvalue weighted by Crippen LogP contribution is 2.24. The van der Waals surface area contributed by atoms with Crippen molar-refractivity contribution in [2.24, 2.45) is 0 Å². The number of carbonyl (C=O) groups is 1. The van der Waals surface area contributed by atoms with Crippen molar-refractivity contribution in [1.82, 2.24) is 14.3 Å². The van der Waals surface area contributed by atoms with E-state index in [0.717, 1.165) is 21.0 Å². The molecular weight excluding hydrogens is 441 g/mol. The third-order valence-corrected chi connectivity index (χ3v) is 4.82. The number of nitrogens with zero attached hydrogens (tertiary/aromatic N) is 4. The largest absolute Gasteiger partial charge is 0.476 e. The van der Waals surface area contributed by atoms with Crippen LogP contribution in [0.2, 0.25) is 5.02 Å². The third-order valence-electron chi connectivity index (χ3n) is 4.59. The zero-order chi connectivity index (χ0) is 23.6. The van der Waals surface area contributed by atoms with Gasteiger partial charge in [0.05, 0.1) is 25.0 Å². The minimum atomic E-state index is -0.768. The highest BCUT2D eigenvalue weighted by Gasteiger charge is 2.18. The van der Waals surface area contributed by atoms with Crippen LogP contribution in [0.15, 0.2) is 46.0 Å². The molecule has 9 nitrogen and oxygen atoms in total. The van der Waals surface area contributed by atoms with Gasteiger partial charge in [-0.15, -0.1) is 5.10 Å². The number of halogens is 2. The molecule has 1 heterocycles. The summed E-state index contributed by atoms with van der Waals surface area (Å²) in [4.78, 5) is 39.2. The van der Waals surface area contributed by atoms with Gasteiger partial charge in [0.1, 0.15) is 5.82 Å². The number of aromatic nitrogens is 3. The van der Waals surface area contributed by atoms with Crippen LogP contribution in [0.1, 0.15) is 12.5 Å². The first-order chi connectivity index (χ1) is 15.1. The van der Waals surface area contributed by atoms with E-state index in [0.29, 0.717) is 10.6 Å². The van der Waals surface area contributed by atoms with E-state index in [2.05, 4.69) is 10.4 Å². The minimum Gasteiger partial charge on any atom is -0.476 e. The lowest BCUT2D eigenvalue weighted by atomic mass is 10.1. The summed E-state index contributed by atoms with van der Waals surface area (Å²) < 4.78 is 21.0. The summed E-state index contributed by atoms with van der Waals surface area (Å²) in [6, 6.07) is 8.72. The van der Waals surface area contributed by atoms with E-state index in [4.69, 9.17) is 16.3 Å². The number of hydrogen-bond donors (Lipinski definition) is 1. The van der Waals surface area contributed by atoms with Crippen molar-refractivity contribution >= 4 is 28.9 Å². The van der Waals surface area contributed by atoms with Gasteiger partial charge < -0.3 is 15.0 Å². The number of hydrogen-bond acceptors (Lipinski definition) is 6. The van der Waals surface area contributed by atoms with E-state index in [1.165, 1.54) is 26.2 Å². The molecule has 32 heavy (non-hydrogen) atoms. The Labute approximate surface area is 187 Å². The van der Waals surface area contributed by atoms with Crippen molar-refractivity contribution in [2.75, 3.05) is 31.4 Å². The van der Waals surface area contributed by atoms with E-state index in [1.807, 2.05) is 19.0 Å². The molecule has 1 aromatic heterocycles. The number of methoxy groups -OCH3 is 1. The first-order valence-electron chi connectivity index (χ1n) is 9.43. The molecule has 2 aromatic carbocycles. The molecule has 11 heteroatoms. The minimum absolute atomic E-state index is 0.0824. The Hall–Kier alpha value is -3.66. The molecule has 0 bridgehead atoms. The lowest BCUT2D eigenvalue weighted by Crippen LogP contribution is -2.41. The highest BCUT2D eigenvalue weighted by molar-refractivity contribution is 6.30. The van der Waals surface area contributed by atoms with Crippen LogP contribution in [-0.2, 0) is 11.3 Å². The lowest BCUT2D eigenvalue weighted by Gasteiger charge is -2.19. The van der Waals surface area contributed by atoms with Crippen molar-refractivity contribution in [2.45, 2.75) is 13.5 Å². The normalized spacial score (nSPS) is 10.7. The number of rotatable bonds is 6. The summed E-state index contributed by atoms with van der Waals surface area (Å²) in [7, 11) is 4.88. The van der Waals surface area contributed by atoms with Gasteiger partial charge in [0, 0.05) is 31.7 Å². The molecule has 0 spiro atoms. The molecule has 0 fully saturated rings. The monoisotopic (exact) mass is 461 g/mol. The molecule has 168 valence electrons. The molecule has 0 aliphatic heterocycles. The van der Waals surface area contributed by atoms with Gasteiger partial charge in [-0.05, 0) is 35.9 Å². The number of benzene rings is 2. The van der Waals surface area contributed by atoms with Gasteiger partial charge in [-0.2, -0.15) is 4.68 Å². The highest BCUT2D eigenvalue weighted by atomic mass is 35.5. The number of carbonyl (C=O) groups excluding carboxylic acids is 1. The first-order valence-corrected chi connectivity index (χ1v) is 9.81. The van der Waals surface area contributed by atoms with Crippen molar-refractivity contribution < 1.29 is 13.9 Å². The predicted molar refractivity (Wildman–Crippen MR) is 120 cm³/mol. The Morgan fingerprint density at radius 2 is 1.94 bits per heavy atom. The number of nitrogens with one attached hydrogen (secondary N) is 1. The molecule has 3 aromatic rings. The van der Waals surface area contributed by atoms with Crippen LogP contribution in [-0.4, -0.2) is 41.5 Å². The van der Waals surface area contributed by atoms with Crippen molar-refractivity contribution in [3.05, 3.63) is 73.6 Å². The Morgan fingerprint density at radius 3 is 2.56 bits per heavy atom. The summed E-state index contributed by atoms with van der Waals surface area (Å²) in [5, 5.41) is 6.82. The SMILES string of the molecule is COc1nn(-c2ccc(F)c(NC(C)=O)c2)c(=O)n(Cc2ccc(Cl)cc2N(C)C)c1=O. The Balaban J connectivity index is 2.19. The van der Waals surface area contributed by atoms with E-state index in [-0.39, 0.29) is 23.8 Å². The van der Waals surface area contributed by atoms with Gasteiger partial charge in [0.25, 0.3) is 5.88 Å². The molecule has 0 aliphatic rings. The number of ether oxygens (including phenoxy) is 1. The number of amides is 1. The molecule has 1 amide bonds. The fourth-order valence-corrected chi connectivity index (χ4v) is 3.28. The Kier molecular flexibility index (Phi) is 6.64. The summed E-state index contributed by atoms with van der Waals surface area (Å²) in [5.74, 6) is -1.49. The van der Waals surface area contributed by atoms with Gasteiger partial charge in [0.2, 0.25) is 5.91 Å². The molecule has 0 saturated heterocycles. The molecule has 1 N–H and O–H groups in total.